The lowest BCUT2D eigenvalue weighted by Gasteiger charge is -2.37. The number of rotatable bonds is 9. The normalized spacial score (nSPS) is 22.0. The van der Waals surface area contributed by atoms with E-state index in [0.717, 1.165) is 12.8 Å². The molecule has 2 aliphatic rings. The number of carbonyl (C=O) groups excluding carboxylic acids is 3. The van der Waals surface area contributed by atoms with Crippen molar-refractivity contribution in [1.29, 1.82) is 0 Å². The largest absolute Gasteiger partial charge is 0.491 e. The van der Waals surface area contributed by atoms with Crippen molar-refractivity contribution >= 4 is 52.5 Å². The van der Waals surface area contributed by atoms with Crippen molar-refractivity contribution in [3.63, 3.8) is 0 Å². The smallest absolute Gasteiger partial charge is 0.413 e. The molecular formula is C34H37Cl2FN4O5. The van der Waals surface area contributed by atoms with Gasteiger partial charge in [-0.2, -0.15) is 0 Å². The predicted octanol–water partition coefficient (Wildman–Crippen LogP) is 7.37. The first-order valence-electron chi connectivity index (χ1n) is 15.1. The molecular weight excluding hydrogens is 634 g/mol. The zero-order valence-electron chi connectivity index (χ0n) is 26.0. The maximum Gasteiger partial charge on any atom is 0.413 e. The van der Waals surface area contributed by atoms with Crippen molar-refractivity contribution in [2.24, 2.45) is 11.1 Å². The van der Waals surface area contributed by atoms with E-state index in [9.17, 15) is 14.4 Å². The first-order valence-corrected chi connectivity index (χ1v) is 15.9. The molecule has 46 heavy (non-hydrogen) atoms. The number of hydrogen-bond donors (Lipinski definition) is 4. The van der Waals surface area contributed by atoms with Gasteiger partial charge in [0.15, 0.2) is 6.23 Å². The summed E-state index contributed by atoms with van der Waals surface area (Å²) in [6, 6.07) is 13.5. The number of nitrogens with two attached hydrogens (primary N) is 1. The third-order valence-corrected chi connectivity index (χ3v) is 8.91. The van der Waals surface area contributed by atoms with Crippen molar-refractivity contribution in [2.45, 2.75) is 70.6 Å². The zero-order chi connectivity index (χ0) is 33.4. The molecule has 3 amide bonds. The Bertz CT molecular complexity index is 1680. The average Bonchev–Trinajstić information content (AvgIpc) is 3.43. The molecule has 4 atom stereocenters. The summed E-state index contributed by atoms with van der Waals surface area (Å²) in [5, 5.41) is 9.31. The minimum Gasteiger partial charge on any atom is -0.491 e. The van der Waals surface area contributed by atoms with Crippen LogP contribution in [-0.4, -0.2) is 36.8 Å². The van der Waals surface area contributed by atoms with Crippen LogP contribution in [0, 0.1) is 11.2 Å². The van der Waals surface area contributed by atoms with Crippen LogP contribution in [0.15, 0.2) is 54.6 Å². The fourth-order valence-electron chi connectivity index (χ4n) is 6.45. The topological polar surface area (TPSA) is 132 Å². The van der Waals surface area contributed by atoms with E-state index in [2.05, 4.69) is 16.0 Å². The lowest BCUT2D eigenvalue weighted by Crippen LogP contribution is -2.49. The third kappa shape index (κ3) is 6.38. The predicted molar refractivity (Wildman–Crippen MR) is 176 cm³/mol. The van der Waals surface area contributed by atoms with Crippen LogP contribution in [0.5, 0.6) is 5.75 Å². The van der Waals surface area contributed by atoms with Gasteiger partial charge in [-0.15, -0.1) is 0 Å². The minimum absolute atomic E-state index is 0.113. The highest BCUT2D eigenvalue weighted by atomic mass is 35.5. The van der Waals surface area contributed by atoms with Crippen molar-refractivity contribution in [1.82, 2.24) is 5.32 Å². The van der Waals surface area contributed by atoms with E-state index in [4.69, 9.17) is 38.4 Å². The van der Waals surface area contributed by atoms with Crippen LogP contribution >= 0.6 is 23.2 Å². The van der Waals surface area contributed by atoms with E-state index in [1.807, 2.05) is 27.7 Å². The second kappa shape index (κ2) is 13.1. The van der Waals surface area contributed by atoms with Gasteiger partial charge in [0.1, 0.15) is 17.0 Å². The van der Waals surface area contributed by atoms with Gasteiger partial charge in [0.25, 0.3) is 0 Å². The zero-order valence-corrected chi connectivity index (χ0v) is 27.5. The monoisotopic (exact) mass is 670 g/mol. The molecule has 0 aliphatic carbocycles. The molecule has 1 saturated heterocycles. The Morgan fingerprint density at radius 2 is 1.87 bits per heavy atom. The van der Waals surface area contributed by atoms with E-state index in [1.54, 1.807) is 30.3 Å². The van der Waals surface area contributed by atoms with Crippen LogP contribution in [0.2, 0.25) is 10.0 Å². The van der Waals surface area contributed by atoms with Crippen molar-refractivity contribution < 1.29 is 28.2 Å². The summed E-state index contributed by atoms with van der Waals surface area (Å²) in [5.74, 6) is -2.55. The quantitative estimate of drug-likeness (QED) is 0.176. The molecule has 5 N–H and O–H groups in total. The van der Waals surface area contributed by atoms with Gasteiger partial charge >= 0.3 is 6.09 Å². The lowest BCUT2D eigenvalue weighted by molar-refractivity contribution is -0.122. The summed E-state index contributed by atoms with van der Waals surface area (Å²) < 4.78 is 27.8. The van der Waals surface area contributed by atoms with Crippen LogP contribution in [0.3, 0.4) is 0 Å². The molecule has 0 bridgehead atoms. The van der Waals surface area contributed by atoms with Crippen molar-refractivity contribution in [2.75, 3.05) is 17.2 Å². The number of primary amides is 1. The van der Waals surface area contributed by atoms with E-state index < -0.39 is 41.4 Å². The Hall–Kier alpha value is -3.86. The standard InChI is InChI=1S/C34H37Cl2FN4O5/c1-5-6-14-45-25-15-18(29(38)42)10-13-23(25)40-32(44)46-30-27(20-8-7-9-22(36)28(20)37)34(26(41-30)17-33(2,3)4)21-12-11-19(35)16-24(21)39-31(34)43/h7-13,15-16,26-27,30,41H,5-6,14,17H2,1-4H3,(H2,38,42)(H,39,43)(H,40,44)/t26-,27-,30+,34+/m0/s1. The highest BCUT2D eigenvalue weighted by molar-refractivity contribution is 6.31. The molecule has 2 aliphatic heterocycles. The number of carbonyl (C=O) groups is 3. The second-order valence-corrected chi connectivity index (χ2v) is 13.7. The van der Waals surface area contributed by atoms with Gasteiger partial charge in [0.05, 0.1) is 23.2 Å². The SMILES string of the molecule is CCCCOc1cc(C(N)=O)ccc1NC(=O)O[C@H]1N[C@@H](CC(C)(C)C)[C@@]2(C(=O)Nc3cc(Cl)ccc32)[C@H]1c1cccc(Cl)c1F. The van der Waals surface area contributed by atoms with Gasteiger partial charge in [-0.1, -0.05) is 75.5 Å². The summed E-state index contributed by atoms with van der Waals surface area (Å²) in [6.45, 7) is 8.44. The average molecular weight is 672 g/mol. The first-order chi connectivity index (χ1) is 21.8. The molecule has 3 aromatic carbocycles. The molecule has 1 fully saturated rings. The third-order valence-electron chi connectivity index (χ3n) is 8.38. The minimum atomic E-state index is -1.40. The van der Waals surface area contributed by atoms with Gasteiger partial charge in [-0.3, -0.25) is 20.2 Å². The van der Waals surface area contributed by atoms with E-state index in [-0.39, 0.29) is 38.9 Å². The van der Waals surface area contributed by atoms with Gasteiger partial charge in [-0.25, -0.2) is 9.18 Å². The van der Waals surface area contributed by atoms with Crippen LogP contribution in [-0.2, 0) is 14.9 Å². The van der Waals surface area contributed by atoms with Crippen LogP contribution in [0.25, 0.3) is 0 Å². The molecule has 1 spiro atoms. The van der Waals surface area contributed by atoms with Gasteiger partial charge in [0.2, 0.25) is 11.8 Å². The molecule has 0 aromatic heterocycles. The fraction of sp³-hybridized carbons (Fsp3) is 0.382. The summed E-state index contributed by atoms with van der Waals surface area (Å²) in [7, 11) is 0. The van der Waals surface area contributed by atoms with Crippen LogP contribution < -0.4 is 26.4 Å². The number of fused-ring (bicyclic) bond motifs is 2. The maximum atomic E-state index is 16.0. The van der Waals surface area contributed by atoms with Crippen LogP contribution in [0.4, 0.5) is 20.6 Å². The van der Waals surface area contributed by atoms with Crippen molar-refractivity contribution in [3.05, 3.63) is 87.2 Å². The number of anilines is 2. The molecule has 5 rings (SSSR count). The molecule has 244 valence electrons. The Labute approximate surface area is 277 Å². The van der Waals surface area contributed by atoms with E-state index >= 15 is 4.39 Å². The summed E-state index contributed by atoms with van der Waals surface area (Å²) in [6.07, 6.45) is 0.0120. The molecule has 9 nitrogen and oxygen atoms in total. The van der Waals surface area contributed by atoms with Gasteiger partial charge in [0, 0.05) is 22.3 Å². The Morgan fingerprint density at radius 3 is 2.57 bits per heavy atom. The molecule has 2 heterocycles. The number of halogens is 3. The number of benzene rings is 3. The maximum absolute atomic E-state index is 16.0. The Balaban J connectivity index is 1.58. The van der Waals surface area contributed by atoms with Gasteiger partial charge < -0.3 is 20.5 Å². The Kier molecular flexibility index (Phi) is 9.54. The molecule has 0 radical (unpaired) electrons. The molecule has 0 saturated carbocycles. The molecule has 12 heteroatoms. The number of unbranched alkanes of at least 4 members (excludes halogenated alkanes) is 1. The number of amides is 3. The summed E-state index contributed by atoms with van der Waals surface area (Å²) in [5.41, 5.74) is 5.44. The van der Waals surface area contributed by atoms with E-state index in [1.165, 1.54) is 24.3 Å². The highest BCUT2D eigenvalue weighted by Crippen LogP contribution is 2.57. The highest BCUT2D eigenvalue weighted by Gasteiger charge is 2.66. The molecule has 0 unspecified atom stereocenters. The number of ether oxygens (including phenoxy) is 2. The summed E-state index contributed by atoms with van der Waals surface area (Å²) >= 11 is 12.6. The first kappa shape index (κ1) is 33.5. The second-order valence-electron chi connectivity index (χ2n) is 12.8. The van der Waals surface area contributed by atoms with E-state index in [0.29, 0.717) is 29.3 Å². The number of nitrogens with one attached hydrogen (secondary N) is 3. The fourth-order valence-corrected chi connectivity index (χ4v) is 6.80. The summed E-state index contributed by atoms with van der Waals surface area (Å²) in [4.78, 5) is 39.7. The molecule has 3 aromatic rings. The van der Waals surface area contributed by atoms with Crippen molar-refractivity contribution in [3.8, 4) is 5.75 Å². The van der Waals surface area contributed by atoms with Crippen LogP contribution in [0.1, 0.15) is 74.4 Å². The lowest BCUT2D eigenvalue weighted by atomic mass is 9.63. The van der Waals surface area contributed by atoms with Gasteiger partial charge in [-0.05, 0) is 65.8 Å². The Morgan fingerprint density at radius 1 is 1.11 bits per heavy atom. The number of hydrogen-bond acceptors (Lipinski definition) is 6.